The second kappa shape index (κ2) is 25.0. The van der Waals surface area contributed by atoms with Crippen LogP contribution in [0.5, 0.6) is 0 Å². The number of aromatic nitrogens is 4. The molecule has 0 saturated heterocycles. The molecule has 11 heteroatoms. The first-order chi connectivity index (χ1) is 20.1. The summed E-state index contributed by atoms with van der Waals surface area (Å²) < 4.78 is 3.65. The molecule has 2 rings (SSSR count). The van der Waals surface area contributed by atoms with E-state index in [2.05, 4.69) is 75.4 Å². The summed E-state index contributed by atoms with van der Waals surface area (Å²) in [6.07, 6.45) is -2.10. The maximum Gasteiger partial charge on any atom is 4.00 e. The predicted molar refractivity (Wildman–Crippen MR) is 175 cm³/mol. The third-order valence-electron chi connectivity index (χ3n) is 6.44. The Balaban J connectivity index is -0.000000621. The van der Waals surface area contributed by atoms with Crippen LogP contribution in [0.25, 0.3) is 0 Å². The molecule has 2 aromatic heterocycles. The molecular formula is C34H66N6O4Ti. The van der Waals surface area contributed by atoms with Gasteiger partial charge in [0.2, 0.25) is 0 Å². The van der Waals surface area contributed by atoms with Gasteiger partial charge in [-0.25, -0.2) is 0 Å². The van der Waals surface area contributed by atoms with Crippen molar-refractivity contribution in [3.05, 3.63) is 34.9 Å². The first-order valence-electron chi connectivity index (χ1n) is 16.3. The van der Waals surface area contributed by atoms with Crippen molar-refractivity contribution in [3.8, 4) is 0 Å². The van der Waals surface area contributed by atoms with Crippen molar-refractivity contribution in [1.29, 1.82) is 0 Å². The van der Waals surface area contributed by atoms with E-state index >= 15 is 0 Å². The van der Waals surface area contributed by atoms with Crippen LogP contribution in [0.4, 0.5) is 0 Å². The Hall–Kier alpha value is -1.11. The van der Waals surface area contributed by atoms with Crippen LogP contribution in [0.2, 0.25) is 0 Å². The summed E-state index contributed by atoms with van der Waals surface area (Å²) in [6, 6.07) is 5.64. The average Bonchev–Trinajstić information content (AvgIpc) is 3.32. The smallest absolute Gasteiger partial charge is 0.852 e. The van der Waals surface area contributed by atoms with Crippen LogP contribution in [0.1, 0.15) is 106 Å². The third-order valence-corrected chi connectivity index (χ3v) is 6.44. The molecule has 10 nitrogen and oxygen atoms in total. The maximum atomic E-state index is 12.2. The molecule has 0 aliphatic carbocycles. The molecular weight excluding hydrogens is 604 g/mol. The van der Waals surface area contributed by atoms with Gasteiger partial charge >= 0.3 is 21.7 Å². The van der Waals surface area contributed by atoms with E-state index in [0.29, 0.717) is 50.3 Å². The number of hydrogen-bond acceptors (Lipinski definition) is 8. The Labute approximate surface area is 291 Å². The van der Waals surface area contributed by atoms with Gasteiger partial charge in [-0.1, -0.05) is 39.9 Å². The molecule has 2 atom stereocenters. The van der Waals surface area contributed by atoms with Gasteiger partial charge in [-0.05, 0) is 108 Å². The van der Waals surface area contributed by atoms with Gasteiger partial charge in [0.05, 0.1) is 11.4 Å². The van der Waals surface area contributed by atoms with E-state index in [-0.39, 0.29) is 21.7 Å². The maximum absolute atomic E-state index is 12.2. The van der Waals surface area contributed by atoms with Crippen molar-refractivity contribution in [3.63, 3.8) is 0 Å². The molecule has 0 amide bonds. The SMILES string of the molecule is CC(C)[O-].CC(C)[O-].Cc1cc(C)n(CC([O-])CN(C(C)C)C(C)C)n1.Cc1cc(C)n(CC([O-])CN(C(C)C)C(C)C)n1.[Ti+4]. The molecule has 0 fully saturated rings. The minimum atomic E-state index is -0.632. The second-order valence-corrected chi connectivity index (χ2v) is 13.3. The Morgan fingerprint density at radius 2 is 0.756 bits per heavy atom. The van der Waals surface area contributed by atoms with E-state index in [9.17, 15) is 20.4 Å². The fraction of sp³-hybridized carbons (Fsp3) is 0.824. The zero-order chi connectivity index (χ0) is 34.9. The van der Waals surface area contributed by atoms with Gasteiger partial charge in [-0.15, -0.1) is 12.2 Å². The van der Waals surface area contributed by atoms with E-state index in [1.54, 1.807) is 27.7 Å². The molecule has 0 aliphatic heterocycles. The van der Waals surface area contributed by atoms with E-state index in [1.807, 2.05) is 49.2 Å². The van der Waals surface area contributed by atoms with Gasteiger partial charge in [0.1, 0.15) is 0 Å². The van der Waals surface area contributed by atoms with Crippen molar-refractivity contribution in [2.45, 2.75) is 172 Å². The first kappa shape index (κ1) is 48.3. The fourth-order valence-electron chi connectivity index (χ4n) is 4.73. The molecule has 45 heavy (non-hydrogen) atoms. The van der Waals surface area contributed by atoms with E-state index in [4.69, 9.17) is 0 Å². The van der Waals surface area contributed by atoms with Gasteiger partial charge in [0.25, 0.3) is 0 Å². The molecule has 260 valence electrons. The number of aryl methyl sites for hydroxylation is 4. The normalized spacial score (nSPS) is 12.7. The summed E-state index contributed by atoms with van der Waals surface area (Å²) in [5.74, 6) is 0. The van der Waals surface area contributed by atoms with Crippen LogP contribution in [0.15, 0.2) is 12.1 Å². The van der Waals surface area contributed by atoms with Crippen LogP contribution in [0.3, 0.4) is 0 Å². The molecule has 0 bridgehead atoms. The van der Waals surface area contributed by atoms with Crippen molar-refractivity contribution in [2.24, 2.45) is 0 Å². The van der Waals surface area contributed by atoms with Crippen LogP contribution in [-0.4, -0.2) is 91.0 Å². The Bertz CT molecular complexity index is 892. The Morgan fingerprint density at radius 3 is 0.911 bits per heavy atom. The predicted octanol–water partition coefficient (Wildman–Crippen LogP) is 2.20. The van der Waals surface area contributed by atoms with Crippen molar-refractivity contribution in [2.75, 3.05) is 13.1 Å². The van der Waals surface area contributed by atoms with E-state index in [0.717, 1.165) is 22.8 Å². The average molecular weight is 671 g/mol. The molecule has 0 saturated carbocycles. The van der Waals surface area contributed by atoms with Gasteiger partial charge in [-0.3, -0.25) is 19.2 Å². The molecule has 0 N–H and O–H groups in total. The van der Waals surface area contributed by atoms with Crippen molar-refractivity contribution < 1.29 is 42.1 Å². The topological polar surface area (TPSA) is 134 Å². The quantitative estimate of drug-likeness (QED) is 0.314. The zero-order valence-corrected chi connectivity index (χ0v) is 33.0. The van der Waals surface area contributed by atoms with E-state index in [1.165, 1.54) is 0 Å². The van der Waals surface area contributed by atoms with Crippen LogP contribution in [0, 0.1) is 27.7 Å². The van der Waals surface area contributed by atoms with Crippen LogP contribution >= 0.6 is 0 Å². The standard InChI is InChI=1S/2C14H26N3O.2C3H7O.Ti/c2*1-10(2)16(11(3)4)8-14(18)9-17-13(6)7-12(5)15-17;2*1-3(2)4;/h2*7,10-11,14H,8-9H2,1-6H3;2*3H,1-2H3;/q4*-1;+4. The number of rotatable bonds is 12. The molecule has 2 unspecified atom stereocenters. The minimum absolute atomic E-state index is 0. The Morgan fingerprint density at radius 1 is 0.533 bits per heavy atom. The molecule has 0 aliphatic rings. The molecule has 0 spiro atoms. The van der Waals surface area contributed by atoms with E-state index < -0.39 is 24.4 Å². The summed E-state index contributed by atoms with van der Waals surface area (Å²) in [6.45, 7) is 33.5. The van der Waals surface area contributed by atoms with Crippen molar-refractivity contribution >= 4 is 0 Å². The second-order valence-electron chi connectivity index (χ2n) is 13.3. The van der Waals surface area contributed by atoms with Gasteiger partial charge in [0, 0.05) is 48.6 Å². The van der Waals surface area contributed by atoms with Crippen LogP contribution < -0.4 is 20.4 Å². The summed E-state index contributed by atoms with van der Waals surface area (Å²) in [5.41, 5.74) is 4.08. The summed E-state index contributed by atoms with van der Waals surface area (Å²) in [5, 5.41) is 52.1. The third kappa shape index (κ3) is 23.8. The monoisotopic (exact) mass is 670 g/mol. The summed E-state index contributed by atoms with van der Waals surface area (Å²) in [4.78, 5) is 4.48. The first-order valence-corrected chi connectivity index (χ1v) is 16.3. The molecule has 2 aromatic rings. The van der Waals surface area contributed by atoms with Gasteiger partial charge < -0.3 is 20.4 Å². The van der Waals surface area contributed by atoms with Crippen molar-refractivity contribution in [1.82, 2.24) is 29.4 Å². The minimum Gasteiger partial charge on any atom is -0.852 e. The molecule has 0 radical (unpaired) electrons. The van der Waals surface area contributed by atoms with Gasteiger partial charge in [-0.2, -0.15) is 10.2 Å². The molecule has 0 aromatic carbocycles. The largest absolute Gasteiger partial charge is 4.00 e. The fourth-order valence-corrected chi connectivity index (χ4v) is 4.73. The number of hydrogen-bond donors (Lipinski definition) is 0. The van der Waals surface area contributed by atoms with Crippen LogP contribution in [-0.2, 0) is 34.8 Å². The summed E-state index contributed by atoms with van der Waals surface area (Å²) in [7, 11) is 0. The number of nitrogens with zero attached hydrogens (tertiary/aromatic N) is 6. The molecule has 2 heterocycles. The Kier molecular flexibility index (Phi) is 26.8. The van der Waals surface area contributed by atoms with Gasteiger partial charge in [0.15, 0.2) is 0 Å². The summed E-state index contributed by atoms with van der Waals surface area (Å²) >= 11 is 0. The zero-order valence-electron chi connectivity index (χ0n) is 31.4.